The van der Waals surface area contributed by atoms with Gasteiger partial charge in [0.25, 0.3) is 0 Å². The first-order valence-electron chi connectivity index (χ1n) is 5.79. The normalized spacial score (nSPS) is 26.9. The first kappa shape index (κ1) is 13.9. The Morgan fingerprint density at radius 2 is 1.94 bits per heavy atom. The number of nitrogens with one attached hydrogen (secondary N) is 1. The van der Waals surface area contributed by atoms with E-state index >= 15 is 0 Å². The van der Waals surface area contributed by atoms with E-state index in [1.165, 1.54) is 0 Å². The van der Waals surface area contributed by atoms with Crippen molar-refractivity contribution in [1.82, 2.24) is 4.72 Å². The fourth-order valence-corrected chi connectivity index (χ4v) is 3.02. The largest absolute Gasteiger partial charge is 0.393 e. The molecule has 96 valence electrons. The topological polar surface area (TPSA) is 75.6 Å². The average molecular weight is 251 g/mol. The van der Waals surface area contributed by atoms with Crippen molar-refractivity contribution < 1.29 is 18.3 Å². The van der Waals surface area contributed by atoms with Gasteiger partial charge in [-0.25, -0.2) is 13.1 Å². The van der Waals surface area contributed by atoms with Crippen LogP contribution in [-0.4, -0.2) is 44.6 Å². The molecule has 0 amide bonds. The molecule has 0 heterocycles. The molecule has 0 aliphatic heterocycles. The minimum atomic E-state index is -3.23. The molecule has 0 bridgehead atoms. The van der Waals surface area contributed by atoms with Gasteiger partial charge >= 0.3 is 0 Å². The predicted octanol–water partition coefficient (Wildman–Crippen LogP) is 0.246. The summed E-state index contributed by atoms with van der Waals surface area (Å²) in [5.74, 6) is 0.0138. The zero-order valence-corrected chi connectivity index (χ0v) is 10.5. The Kier molecular flexibility index (Phi) is 5.68. The number of aliphatic hydroxyl groups is 1. The maximum Gasteiger partial charge on any atom is 0.214 e. The van der Waals surface area contributed by atoms with Gasteiger partial charge in [0.1, 0.15) is 0 Å². The van der Waals surface area contributed by atoms with Crippen molar-refractivity contribution in [3.05, 3.63) is 0 Å². The average Bonchev–Trinajstić information content (AvgIpc) is 2.21. The van der Waals surface area contributed by atoms with Crippen LogP contribution in [0.1, 0.15) is 32.6 Å². The van der Waals surface area contributed by atoms with Crippen LogP contribution in [0, 0.1) is 0 Å². The summed E-state index contributed by atoms with van der Waals surface area (Å²) >= 11 is 0. The molecule has 1 rings (SSSR count). The highest BCUT2D eigenvalue weighted by molar-refractivity contribution is 7.89. The van der Waals surface area contributed by atoms with Crippen LogP contribution in [0.2, 0.25) is 0 Å². The first-order valence-corrected chi connectivity index (χ1v) is 7.44. The van der Waals surface area contributed by atoms with Crippen molar-refractivity contribution in [2.45, 2.75) is 44.8 Å². The van der Waals surface area contributed by atoms with E-state index in [0.29, 0.717) is 19.4 Å². The maximum atomic E-state index is 11.6. The standard InChI is InChI=1S/C10H21NO4S/c1-2-15-7-8-16(13,14)11-9-3-5-10(12)6-4-9/h9-12H,2-8H2,1H3. The zero-order chi connectivity index (χ0) is 12.0. The monoisotopic (exact) mass is 251 g/mol. The van der Waals surface area contributed by atoms with E-state index in [-0.39, 0.29) is 24.5 Å². The highest BCUT2D eigenvalue weighted by Gasteiger charge is 2.23. The summed E-state index contributed by atoms with van der Waals surface area (Å²) in [4.78, 5) is 0. The molecule has 2 N–H and O–H groups in total. The summed E-state index contributed by atoms with van der Waals surface area (Å²) in [6, 6.07) is -0.0185. The lowest BCUT2D eigenvalue weighted by Crippen LogP contribution is -2.40. The molecule has 0 radical (unpaired) electrons. The van der Waals surface area contributed by atoms with E-state index in [4.69, 9.17) is 4.74 Å². The van der Waals surface area contributed by atoms with E-state index in [9.17, 15) is 13.5 Å². The fraction of sp³-hybridized carbons (Fsp3) is 1.00. The second-order valence-corrected chi connectivity index (χ2v) is 6.01. The predicted molar refractivity (Wildman–Crippen MR) is 61.7 cm³/mol. The lowest BCUT2D eigenvalue weighted by Gasteiger charge is -2.25. The van der Waals surface area contributed by atoms with Crippen molar-refractivity contribution in [3.63, 3.8) is 0 Å². The third kappa shape index (κ3) is 5.25. The molecular formula is C10H21NO4S. The second kappa shape index (κ2) is 6.54. The molecule has 1 aliphatic rings. The third-order valence-electron chi connectivity index (χ3n) is 2.74. The molecule has 0 aromatic rings. The van der Waals surface area contributed by atoms with E-state index in [2.05, 4.69) is 4.72 Å². The van der Waals surface area contributed by atoms with Gasteiger partial charge in [0.05, 0.1) is 18.5 Å². The molecule has 0 aromatic heterocycles. The van der Waals surface area contributed by atoms with Crippen LogP contribution in [-0.2, 0) is 14.8 Å². The Morgan fingerprint density at radius 1 is 1.31 bits per heavy atom. The zero-order valence-electron chi connectivity index (χ0n) is 9.68. The Bertz CT molecular complexity index is 283. The quantitative estimate of drug-likeness (QED) is 0.663. The van der Waals surface area contributed by atoms with Crippen LogP contribution in [0.3, 0.4) is 0 Å². The van der Waals surface area contributed by atoms with Crippen molar-refractivity contribution >= 4 is 10.0 Å². The minimum absolute atomic E-state index is 0.0138. The number of aliphatic hydroxyl groups excluding tert-OH is 1. The molecule has 1 saturated carbocycles. The Hall–Kier alpha value is -0.170. The van der Waals surface area contributed by atoms with Crippen LogP contribution >= 0.6 is 0 Å². The fourth-order valence-electron chi connectivity index (χ4n) is 1.82. The van der Waals surface area contributed by atoms with E-state index in [1.54, 1.807) is 0 Å². The molecule has 6 heteroatoms. The Balaban J connectivity index is 2.29. The Morgan fingerprint density at radius 3 is 2.50 bits per heavy atom. The highest BCUT2D eigenvalue weighted by Crippen LogP contribution is 2.18. The molecule has 0 aromatic carbocycles. The van der Waals surface area contributed by atoms with Crippen LogP contribution in [0.25, 0.3) is 0 Å². The molecule has 0 saturated heterocycles. The molecule has 5 nitrogen and oxygen atoms in total. The van der Waals surface area contributed by atoms with Crippen LogP contribution in [0.4, 0.5) is 0 Å². The number of hydrogen-bond donors (Lipinski definition) is 2. The first-order chi connectivity index (χ1) is 7.53. The minimum Gasteiger partial charge on any atom is -0.393 e. The molecule has 1 aliphatic carbocycles. The van der Waals surface area contributed by atoms with Crippen molar-refractivity contribution in [1.29, 1.82) is 0 Å². The molecule has 1 fully saturated rings. The van der Waals surface area contributed by atoms with E-state index < -0.39 is 10.0 Å². The highest BCUT2D eigenvalue weighted by atomic mass is 32.2. The lowest BCUT2D eigenvalue weighted by molar-refractivity contribution is 0.120. The van der Waals surface area contributed by atoms with E-state index in [0.717, 1.165) is 12.8 Å². The van der Waals surface area contributed by atoms with E-state index in [1.807, 2.05) is 6.92 Å². The smallest absolute Gasteiger partial charge is 0.214 e. The van der Waals surface area contributed by atoms with Gasteiger partial charge in [-0.2, -0.15) is 0 Å². The SMILES string of the molecule is CCOCCS(=O)(=O)NC1CCC(O)CC1. The summed E-state index contributed by atoms with van der Waals surface area (Å²) in [7, 11) is -3.23. The van der Waals surface area contributed by atoms with Crippen molar-refractivity contribution in [2.24, 2.45) is 0 Å². The molecule has 0 spiro atoms. The number of ether oxygens (including phenoxy) is 1. The van der Waals surface area contributed by atoms with Gasteiger partial charge in [-0.1, -0.05) is 0 Å². The molecule has 0 unspecified atom stereocenters. The molecule has 0 atom stereocenters. The van der Waals surface area contributed by atoms with Gasteiger partial charge in [0.2, 0.25) is 10.0 Å². The third-order valence-corrected chi connectivity index (χ3v) is 4.14. The summed E-state index contributed by atoms with van der Waals surface area (Å²) in [6.07, 6.45) is 2.53. The van der Waals surface area contributed by atoms with Crippen molar-refractivity contribution in [3.8, 4) is 0 Å². The molecule has 16 heavy (non-hydrogen) atoms. The summed E-state index contributed by atoms with van der Waals surface area (Å²) in [5, 5.41) is 9.30. The van der Waals surface area contributed by atoms with Crippen LogP contribution in [0.15, 0.2) is 0 Å². The van der Waals surface area contributed by atoms with Gasteiger partial charge < -0.3 is 9.84 Å². The lowest BCUT2D eigenvalue weighted by atomic mass is 9.94. The van der Waals surface area contributed by atoms with Crippen LogP contribution < -0.4 is 4.72 Å². The van der Waals surface area contributed by atoms with Gasteiger partial charge in [0, 0.05) is 12.6 Å². The van der Waals surface area contributed by atoms with Gasteiger partial charge in [0.15, 0.2) is 0 Å². The van der Waals surface area contributed by atoms with Gasteiger partial charge in [-0.05, 0) is 32.6 Å². The Labute approximate surface area is 97.2 Å². The number of rotatable bonds is 6. The summed E-state index contributed by atoms with van der Waals surface area (Å²) in [6.45, 7) is 2.61. The number of hydrogen-bond acceptors (Lipinski definition) is 4. The second-order valence-electron chi connectivity index (χ2n) is 4.14. The van der Waals surface area contributed by atoms with Gasteiger partial charge in [-0.3, -0.25) is 0 Å². The molecular weight excluding hydrogens is 230 g/mol. The maximum absolute atomic E-state index is 11.6. The summed E-state index contributed by atoms with van der Waals surface area (Å²) < 4.78 is 30.9. The number of sulfonamides is 1. The van der Waals surface area contributed by atoms with Crippen LogP contribution in [0.5, 0.6) is 0 Å². The summed E-state index contributed by atoms with van der Waals surface area (Å²) in [5.41, 5.74) is 0. The van der Waals surface area contributed by atoms with Gasteiger partial charge in [-0.15, -0.1) is 0 Å². The van der Waals surface area contributed by atoms with Crippen molar-refractivity contribution in [2.75, 3.05) is 19.0 Å².